The Balaban J connectivity index is 0.00000474. The first-order valence-electron chi connectivity index (χ1n) is 15.7. The van der Waals surface area contributed by atoms with Crippen LogP contribution < -0.4 is 11.1 Å². The number of aliphatic hydroxyl groups is 1. The van der Waals surface area contributed by atoms with E-state index in [1.165, 1.54) is 0 Å². The third-order valence-corrected chi connectivity index (χ3v) is 7.44. The number of aliphatic hydroxyl groups excluding tert-OH is 1. The van der Waals surface area contributed by atoms with Gasteiger partial charge in [-0.05, 0) is 52.4 Å². The fourth-order valence-corrected chi connectivity index (χ4v) is 4.58. The molecule has 14 nitrogen and oxygen atoms in total. The zero-order valence-electron chi connectivity index (χ0n) is 27.2. The van der Waals surface area contributed by atoms with Gasteiger partial charge in [0.1, 0.15) is 12.2 Å². The number of esters is 2. The maximum atomic E-state index is 12.7. The average molecular weight is 635 g/mol. The highest BCUT2D eigenvalue weighted by Crippen LogP contribution is 2.29. The number of nitrogens with one attached hydrogen (secondary N) is 1. The molecule has 5 N–H and O–H groups in total. The predicted octanol–water partition coefficient (Wildman–Crippen LogP) is 2.86. The van der Waals surface area contributed by atoms with Gasteiger partial charge in [0.25, 0.3) is 0 Å². The van der Waals surface area contributed by atoms with Crippen molar-refractivity contribution in [2.75, 3.05) is 13.2 Å². The molecule has 0 bridgehead atoms. The van der Waals surface area contributed by atoms with Crippen molar-refractivity contribution in [1.29, 1.82) is 0 Å². The van der Waals surface area contributed by atoms with Crippen molar-refractivity contribution in [3.63, 3.8) is 0 Å². The van der Waals surface area contributed by atoms with Gasteiger partial charge in [-0.1, -0.05) is 27.7 Å². The van der Waals surface area contributed by atoms with Crippen LogP contribution in [-0.2, 0) is 42.8 Å². The molecule has 0 aromatic carbocycles. The van der Waals surface area contributed by atoms with E-state index in [2.05, 4.69) is 5.32 Å². The van der Waals surface area contributed by atoms with Gasteiger partial charge in [0, 0.05) is 32.4 Å². The Morgan fingerprint density at radius 3 is 2.23 bits per heavy atom. The van der Waals surface area contributed by atoms with Crippen LogP contribution in [0.2, 0.25) is 0 Å². The van der Waals surface area contributed by atoms with E-state index in [1.807, 2.05) is 27.7 Å². The zero-order chi connectivity index (χ0) is 33.4. The van der Waals surface area contributed by atoms with Crippen molar-refractivity contribution in [3.8, 4) is 0 Å². The summed E-state index contributed by atoms with van der Waals surface area (Å²) in [6, 6.07) is -0.760. The van der Waals surface area contributed by atoms with Gasteiger partial charge in [0.15, 0.2) is 18.7 Å². The first-order valence-corrected chi connectivity index (χ1v) is 15.7. The third-order valence-electron chi connectivity index (χ3n) is 7.44. The largest absolute Gasteiger partial charge is 0.481 e. The molecule has 2 amide bonds. The molecule has 2 aliphatic rings. The molecule has 2 heterocycles. The van der Waals surface area contributed by atoms with Crippen LogP contribution in [-0.4, -0.2) is 96.5 Å². The standard InChI is InChI=1S/C28H48N2O12.C2H6/c1-15-12-20(31)26(39-18(15)4)37-11-7-6-8-24(34)41-22-13-21(42-25(35)16(2)14-30-28(29)36)19(5)40-27(22)38-17(3)9-10-23(32)33;1-2/h15-22,26-27,31H,6-14H2,1-5H3,(H,32,33)(H3,29,30,36);1-2H3/t15?,16?,17-,18?,19?,20+,21-,22+,26?,27?;/m1./s1. The van der Waals surface area contributed by atoms with Crippen LogP contribution in [0.3, 0.4) is 0 Å². The number of carboxylic acid groups (broad SMARTS) is 1. The van der Waals surface area contributed by atoms with Crippen LogP contribution in [0, 0.1) is 11.8 Å². The number of urea groups is 1. The van der Waals surface area contributed by atoms with Crippen molar-refractivity contribution in [3.05, 3.63) is 0 Å². The van der Waals surface area contributed by atoms with Gasteiger partial charge < -0.3 is 49.7 Å². The van der Waals surface area contributed by atoms with Crippen LogP contribution in [0.1, 0.15) is 93.4 Å². The number of carboxylic acids is 1. The van der Waals surface area contributed by atoms with E-state index in [0.29, 0.717) is 25.9 Å². The number of carbonyl (C=O) groups is 4. The number of carbonyl (C=O) groups excluding carboxylic acids is 3. The zero-order valence-corrected chi connectivity index (χ0v) is 27.2. The van der Waals surface area contributed by atoms with Crippen molar-refractivity contribution >= 4 is 23.9 Å². The maximum absolute atomic E-state index is 12.7. The Kier molecular flexibility index (Phi) is 18.4. The topological polar surface area (TPSA) is 202 Å². The summed E-state index contributed by atoms with van der Waals surface area (Å²) in [6.45, 7) is 13.2. The molecule has 44 heavy (non-hydrogen) atoms. The Labute approximate surface area is 260 Å². The van der Waals surface area contributed by atoms with Crippen LogP contribution >= 0.6 is 0 Å². The van der Waals surface area contributed by atoms with Crippen molar-refractivity contribution < 1.29 is 57.8 Å². The van der Waals surface area contributed by atoms with E-state index >= 15 is 0 Å². The van der Waals surface area contributed by atoms with E-state index in [1.54, 1.807) is 20.8 Å². The second-order valence-electron chi connectivity index (χ2n) is 11.3. The van der Waals surface area contributed by atoms with E-state index in [-0.39, 0.29) is 44.2 Å². The summed E-state index contributed by atoms with van der Waals surface area (Å²) < 4.78 is 34.5. The fourth-order valence-electron chi connectivity index (χ4n) is 4.58. The third kappa shape index (κ3) is 14.5. The Bertz CT molecular complexity index is 890. The molecular formula is C30H54N2O12. The van der Waals surface area contributed by atoms with E-state index in [0.717, 1.165) is 0 Å². The Morgan fingerprint density at radius 1 is 0.932 bits per heavy atom. The lowest BCUT2D eigenvalue weighted by Gasteiger charge is -2.40. The molecule has 2 fully saturated rings. The number of hydrogen-bond acceptors (Lipinski definition) is 11. The summed E-state index contributed by atoms with van der Waals surface area (Å²) in [7, 11) is 0. The molecule has 0 aliphatic carbocycles. The molecule has 0 spiro atoms. The first-order chi connectivity index (χ1) is 20.8. The second-order valence-corrected chi connectivity index (χ2v) is 11.3. The lowest BCUT2D eigenvalue weighted by Crippen LogP contribution is -2.51. The smallest absolute Gasteiger partial charge is 0.312 e. The molecular weight excluding hydrogens is 580 g/mol. The minimum atomic E-state index is -0.991. The molecule has 256 valence electrons. The number of nitrogens with two attached hydrogens (primary N) is 1. The van der Waals surface area contributed by atoms with E-state index < -0.39 is 73.0 Å². The highest BCUT2D eigenvalue weighted by molar-refractivity contribution is 5.75. The number of hydrogen-bond donors (Lipinski definition) is 4. The van der Waals surface area contributed by atoms with Crippen LogP contribution in [0.25, 0.3) is 0 Å². The van der Waals surface area contributed by atoms with Crippen LogP contribution in [0.5, 0.6) is 0 Å². The van der Waals surface area contributed by atoms with Gasteiger partial charge in [-0.2, -0.15) is 0 Å². The number of rotatable bonds is 16. The number of amides is 2. The maximum Gasteiger partial charge on any atom is 0.312 e. The molecule has 14 heteroatoms. The summed E-state index contributed by atoms with van der Waals surface area (Å²) in [5, 5.41) is 21.5. The minimum Gasteiger partial charge on any atom is -0.481 e. The summed E-state index contributed by atoms with van der Waals surface area (Å²) >= 11 is 0. The van der Waals surface area contributed by atoms with Crippen molar-refractivity contribution in [2.45, 2.75) is 143 Å². The first kappa shape index (κ1) is 39.5. The summed E-state index contributed by atoms with van der Waals surface area (Å²) in [5.74, 6) is -2.50. The number of primary amides is 1. The van der Waals surface area contributed by atoms with Crippen LogP contribution in [0.15, 0.2) is 0 Å². The lowest BCUT2D eigenvalue weighted by atomic mass is 9.95. The molecule has 2 saturated heterocycles. The number of aliphatic carboxylic acids is 1. The Morgan fingerprint density at radius 2 is 1.59 bits per heavy atom. The predicted molar refractivity (Wildman–Crippen MR) is 158 cm³/mol. The molecule has 2 aliphatic heterocycles. The molecule has 0 radical (unpaired) electrons. The molecule has 6 unspecified atom stereocenters. The summed E-state index contributed by atoms with van der Waals surface area (Å²) in [6.07, 6.45) is -3.30. The van der Waals surface area contributed by atoms with Gasteiger partial charge in [0.2, 0.25) is 0 Å². The van der Waals surface area contributed by atoms with E-state index in [9.17, 15) is 24.3 Å². The highest BCUT2D eigenvalue weighted by atomic mass is 16.7. The van der Waals surface area contributed by atoms with Gasteiger partial charge >= 0.3 is 23.9 Å². The number of ether oxygens (including phenoxy) is 6. The van der Waals surface area contributed by atoms with Gasteiger partial charge in [-0.25, -0.2) is 4.79 Å². The average Bonchev–Trinajstić information content (AvgIpc) is 2.96. The second kappa shape index (κ2) is 20.5. The molecule has 10 atom stereocenters. The van der Waals surface area contributed by atoms with Crippen molar-refractivity contribution in [1.82, 2.24) is 5.32 Å². The number of unbranched alkanes of at least 4 members (excludes halogenated alkanes) is 1. The van der Waals surface area contributed by atoms with Gasteiger partial charge in [0.05, 0.1) is 24.2 Å². The van der Waals surface area contributed by atoms with Crippen molar-refractivity contribution in [2.24, 2.45) is 17.6 Å². The monoisotopic (exact) mass is 634 g/mol. The Hall–Kier alpha value is -2.52. The van der Waals surface area contributed by atoms with Crippen LogP contribution in [0.4, 0.5) is 4.79 Å². The minimum absolute atomic E-state index is 0.00490. The molecule has 2 rings (SSSR count). The quantitative estimate of drug-likeness (QED) is 0.143. The van der Waals surface area contributed by atoms with E-state index in [4.69, 9.17) is 39.3 Å². The molecule has 0 aromatic rings. The van der Waals surface area contributed by atoms with Gasteiger partial charge in [-0.3, -0.25) is 14.4 Å². The summed E-state index contributed by atoms with van der Waals surface area (Å²) in [4.78, 5) is 47.2. The highest BCUT2D eigenvalue weighted by Gasteiger charge is 2.42. The molecule has 0 saturated carbocycles. The normalized spacial score (nSPS) is 29.7. The SMILES string of the molecule is CC.CC(CNC(N)=O)C(=O)O[C@@H]1C[C@H](OC(=O)CCCCOC2OC(C)C(C)C[C@@H]2O)C(O[C@H](C)CCC(=O)O)OC1C. The molecule has 0 aromatic heterocycles. The lowest BCUT2D eigenvalue weighted by molar-refractivity contribution is -0.280. The summed E-state index contributed by atoms with van der Waals surface area (Å²) in [5.41, 5.74) is 5.07. The van der Waals surface area contributed by atoms with Gasteiger partial charge in [-0.15, -0.1) is 0 Å². The fraction of sp³-hybridized carbons (Fsp3) is 0.867.